The van der Waals surface area contributed by atoms with Crippen LogP contribution in [0.3, 0.4) is 0 Å². The summed E-state index contributed by atoms with van der Waals surface area (Å²) in [5.74, 6) is 0. The number of hydrogen-bond donors (Lipinski definition) is 0. The molecule has 7 rings (SSSR count). The van der Waals surface area contributed by atoms with Crippen LogP contribution in [0.25, 0.3) is 69.8 Å². The standard InChI is InChI=1S/C51H42O6S3/c1-58(52,53)49-28-16-40(17-29-49)7-4-37-10-22-43(23-11-37)46-34-47(44-24-12-38(13-25-44)5-8-41-18-30-50(31-19-41)59(2,54)55)36-48(35-46)45-26-14-39(15-27-45)6-9-42-20-32-51(33-21-42)60(3,56)57/h4-36H,1-3H3/b7-4+,8-5+,9-6+. The summed E-state index contributed by atoms with van der Waals surface area (Å²) in [5.41, 5.74) is 12.0. The second kappa shape index (κ2) is 17.5. The highest BCUT2D eigenvalue weighted by Gasteiger charge is 2.10. The van der Waals surface area contributed by atoms with E-state index >= 15 is 0 Å². The Morgan fingerprint density at radius 2 is 0.417 bits per heavy atom. The van der Waals surface area contributed by atoms with Crippen LogP contribution in [0.2, 0.25) is 0 Å². The highest BCUT2D eigenvalue weighted by Crippen LogP contribution is 2.34. The van der Waals surface area contributed by atoms with Gasteiger partial charge in [-0.25, -0.2) is 25.3 Å². The second-order valence-electron chi connectivity index (χ2n) is 14.7. The van der Waals surface area contributed by atoms with Crippen LogP contribution in [0.5, 0.6) is 0 Å². The Hall–Kier alpha value is -6.39. The van der Waals surface area contributed by atoms with Gasteiger partial charge in [-0.3, -0.25) is 0 Å². The third-order valence-corrected chi connectivity index (χ3v) is 13.4. The van der Waals surface area contributed by atoms with Gasteiger partial charge in [0.05, 0.1) is 14.7 Å². The van der Waals surface area contributed by atoms with Crippen molar-refractivity contribution in [3.8, 4) is 33.4 Å². The lowest BCUT2D eigenvalue weighted by Crippen LogP contribution is -1.95. The third kappa shape index (κ3) is 10.8. The molecule has 60 heavy (non-hydrogen) atoms. The molecule has 0 heterocycles. The molecule has 0 aliphatic heterocycles. The van der Waals surface area contributed by atoms with Crippen LogP contribution < -0.4 is 0 Å². The molecule has 0 spiro atoms. The summed E-state index contributed by atoms with van der Waals surface area (Å²) in [5, 5.41) is 0. The van der Waals surface area contributed by atoms with Crippen molar-refractivity contribution in [2.45, 2.75) is 14.7 Å². The average Bonchev–Trinajstić information content (AvgIpc) is 3.24. The molecular weight excluding hydrogens is 805 g/mol. The Kier molecular flexibility index (Phi) is 12.1. The molecule has 0 radical (unpaired) electrons. The summed E-state index contributed by atoms with van der Waals surface area (Å²) in [6.45, 7) is 0. The maximum absolute atomic E-state index is 11.9. The van der Waals surface area contributed by atoms with Crippen LogP contribution in [-0.2, 0) is 29.5 Å². The quantitative estimate of drug-likeness (QED) is 0.114. The first-order valence-electron chi connectivity index (χ1n) is 19.0. The molecule has 0 bridgehead atoms. The first kappa shape index (κ1) is 41.8. The largest absolute Gasteiger partial charge is 0.224 e. The molecule has 300 valence electrons. The van der Waals surface area contributed by atoms with E-state index in [2.05, 4.69) is 91.0 Å². The van der Waals surface area contributed by atoms with Gasteiger partial charge in [0.1, 0.15) is 0 Å². The van der Waals surface area contributed by atoms with Crippen molar-refractivity contribution < 1.29 is 25.3 Å². The smallest absolute Gasteiger partial charge is 0.175 e. The molecule has 7 aromatic rings. The van der Waals surface area contributed by atoms with Gasteiger partial charge in [-0.1, -0.05) is 146 Å². The lowest BCUT2D eigenvalue weighted by Gasteiger charge is -2.12. The molecule has 0 atom stereocenters. The van der Waals surface area contributed by atoms with E-state index in [1.54, 1.807) is 72.8 Å². The zero-order valence-electron chi connectivity index (χ0n) is 33.2. The van der Waals surface area contributed by atoms with Gasteiger partial charge >= 0.3 is 0 Å². The number of sulfone groups is 3. The molecule has 0 unspecified atom stereocenters. The van der Waals surface area contributed by atoms with E-state index in [1.165, 1.54) is 18.8 Å². The van der Waals surface area contributed by atoms with Gasteiger partial charge in [-0.05, 0) is 121 Å². The van der Waals surface area contributed by atoms with Crippen molar-refractivity contribution >= 4 is 66.0 Å². The van der Waals surface area contributed by atoms with Crippen LogP contribution in [0.1, 0.15) is 33.4 Å². The minimum atomic E-state index is -3.26. The predicted molar refractivity (Wildman–Crippen MR) is 248 cm³/mol. The van der Waals surface area contributed by atoms with Gasteiger partial charge in [0, 0.05) is 18.8 Å². The normalized spacial score (nSPS) is 12.4. The molecule has 0 saturated carbocycles. The highest BCUT2D eigenvalue weighted by molar-refractivity contribution is 7.91. The van der Waals surface area contributed by atoms with Gasteiger partial charge in [0.15, 0.2) is 29.5 Å². The topological polar surface area (TPSA) is 102 Å². The van der Waals surface area contributed by atoms with Crippen LogP contribution in [0.4, 0.5) is 0 Å². The Bertz CT molecular complexity index is 2720. The van der Waals surface area contributed by atoms with Crippen molar-refractivity contribution in [1.29, 1.82) is 0 Å². The lowest BCUT2D eigenvalue weighted by atomic mass is 9.92. The first-order chi connectivity index (χ1) is 28.6. The fourth-order valence-corrected chi connectivity index (χ4v) is 8.43. The van der Waals surface area contributed by atoms with Crippen molar-refractivity contribution in [3.63, 3.8) is 0 Å². The maximum Gasteiger partial charge on any atom is 0.175 e. The molecular formula is C51H42O6S3. The zero-order valence-corrected chi connectivity index (χ0v) is 35.7. The molecule has 0 aromatic heterocycles. The molecule has 0 saturated heterocycles. The van der Waals surface area contributed by atoms with Crippen LogP contribution in [-0.4, -0.2) is 44.0 Å². The van der Waals surface area contributed by atoms with Crippen LogP contribution in [0.15, 0.2) is 178 Å². The first-order valence-corrected chi connectivity index (χ1v) is 24.7. The summed E-state index contributed by atoms with van der Waals surface area (Å²) in [7, 11) is -9.77. The molecule has 7 aromatic carbocycles. The van der Waals surface area contributed by atoms with Crippen LogP contribution >= 0.6 is 0 Å². The molecule has 0 N–H and O–H groups in total. The zero-order chi connectivity index (χ0) is 42.5. The SMILES string of the molecule is CS(=O)(=O)c1ccc(/C=C/c2ccc(-c3cc(-c4ccc(/C=C/c5ccc(S(C)(=O)=O)cc5)cc4)cc(-c4ccc(/C=C/c5ccc(S(C)(=O)=O)cc5)cc4)c3)cc2)cc1. The lowest BCUT2D eigenvalue weighted by molar-refractivity contribution is 0.600. The number of benzene rings is 7. The summed E-state index contributed by atoms with van der Waals surface area (Å²) in [6, 6.07) is 52.0. The molecule has 0 aliphatic rings. The molecule has 0 aliphatic carbocycles. The van der Waals surface area contributed by atoms with E-state index in [9.17, 15) is 25.3 Å². The van der Waals surface area contributed by atoms with Gasteiger partial charge in [0.25, 0.3) is 0 Å². The second-order valence-corrected chi connectivity index (χ2v) is 20.7. The van der Waals surface area contributed by atoms with E-state index in [1.807, 2.05) is 36.5 Å². The molecule has 0 fully saturated rings. The fraction of sp³-hybridized carbons (Fsp3) is 0.0588. The van der Waals surface area contributed by atoms with E-state index in [-0.39, 0.29) is 0 Å². The minimum Gasteiger partial charge on any atom is -0.224 e. The minimum absolute atomic E-state index is 0.290. The summed E-state index contributed by atoms with van der Waals surface area (Å²) in [6.07, 6.45) is 15.5. The van der Waals surface area contributed by atoms with Gasteiger partial charge in [0.2, 0.25) is 0 Å². The van der Waals surface area contributed by atoms with Crippen molar-refractivity contribution in [2.24, 2.45) is 0 Å². The Morgan fingerprint density at radius 1 is 0.250 bits per heavy atom. The van der Waals surface area contributed by atoms with Crippen LogP contribution in [0, 0.1) is 0 Å². The van der Waals surface area contributed by atoms with E-state index in [0.717, 1.165) is 66.8 Å². The maximum atomic E-state index is 11.9. The monoisotopic (exact) mass is 846 g/mol. The predicted octanol–water partition coefficient (Wildman–Crippen LogP) is 11.4. The Morgan fingerprint density at radius 3 is 0.583 bits per heavy atom. The van der Waals surface area contributed by atoms with Crippen molar-refractivity contribution in [1.82, 2.24) is 0 Å². The van der Waals surface area contributed by atoms with Gasteiger partial charge in [-0.2, -0.15) is 0 Å². The molecule has 6 nitrogen and oxygen atoms in total. The summed E-state index contributed by atoms with van der Waals surface area (Å²) in [4.78, 5) is 0.871. The van der Waals surface area contributed by atoms with Crippen molar-refractivity contribution in [2.75, 3.05) is 18.8 Å². The Labute approximate surface area is 353 Å². The highest BCUT2D eigenvalue weighted by atomic mass is 32.2. The number of rotatable bonds is 12. The third-order valence-electron chi connectivity index (χ3n) is 9.99. The average molecular weight is 847 g/mol. The van der Waals surface area contributed by atoms with Crippen molar-refractivity contribution in [3.05, 3.63) is 197 Å². The Balaban J connectivity index is 1.16. The fourth-order valence-electron chi connectivity index (χ4n) is 6.54. The molecule has 0 amide bonds. The van der Waals surface area contributed by atoms with E-state index in [4.69, 9.17) is 0 Å². The van der Waals surface area contributed by atoms with E-state index in [0.29, 0.717) is 14.7 Å². The number of hydrogen-bond acceptors (Lipinski definition) is 6. The summed E-state index contributed by atoms with van der Waals surface area (Å²) < 4.78 is 71.1. The van der Waals surface area contributed by atoms with Gasteiger partial charge < -0.3 is 0 Å². The summed E-state index contributed by atoms with van der Waals surface area (Å²) >= 11 is 0. The van der Waals surface area contributed by atoms with Gasteiger partial charge in [-0.15, -0.1) is 0 Å². The van der Waals surface area contributed by atoms with E-state index < -0.39 is 29.5 Å². The molecule has 9 heteroatoms.